The molecule has 0 unspecified atom stereocenters. The van der Waals surface area contributed by atoms with Crippen molar-refractivity contribution in [1.29, 1.82) is 0 Å². The second kappa shape index (κ2) is 8.78. The minimum Gasteiger partial charge on any atom is -0.361 e. The molecule has 0 N–H and O–H groups in total. The van der Waals surface area contributed by atoms with Crippen molar-refractivity contribution in [3.8, 4) is 0 Å². The molecule has 0 atom stereocenters. The second-order valence-electron chi connectivity index (χ2n) is 9.20. The van der Waals surface area contributed by atoms with Crippen LogP contribution in [0.15, 0.2) is 53.2 Å². The predicted octanol–water partition coefficient (Wildman–Crippen LogP) is 2.49. The Kier molecular flexibility index (Phi) is 5.93. The van der Waals surface area contributed by atoms with Gasteiger partial charge in [-0.15, -0.1) is 0 Å². The highest BCUT2D eigenvalue weighted by Gasteiger charge is 2.41. The van der Waals surface area contributed by atoms with Crippen LogP contribution in [-0.2, 0) is 19.4 Å². The Hall–Kier alpha value is -2.78. The van der Waals surface area contributed by atoms with Crippen molar-refractivity contribution in [2.75, 3.05) is 39.2 Å². The molecule has 34 heavy (non-hydrogen) atoms. The van der Waals surface area contributed by atoms with E-state index in [9.17, 15) is 18.0 Å². The number of amides is 2. The number of fused-ring (bicyclic) bond motifs is 2. The average molecular weight is 503 g/mol. The van der Waals surface area contributed by atoms with E-state index < -0.39 is 9.84 Å². The maximum atomic E-state index is 12.9. The van der Waals surface area contributed by atoms with Crippen molar-refractivity contribution in [2.45, 2.75) is 30.2 Å². The molecule has 2 fully saturated rings. The smallest absolute Gasteiger partial charge is 0.273 e. The normalized spacial score (nSPS) is 19.2. The summed E-state index contributed by atoms with van der Waals surface area (Å²) in [6.07, 6.45) is 3.23. The first kappa shape index (κ1) is 23.0. The van der Waals surface area contributed by atoms with E-state index in [2.05, 4.69) is 4.90 Å². The molecular formula is C24H27ClN4O4S. The van der Waals surface area contributed by atoms with Crippen LogP contribution >= 0.6 is 11.6 Å². The molecule has 3 aliphatic rings. The number of piperidine rings is 1. The monoisotopic (exact) mass is 502 g/mol. The third-order valence-electron chi connectivity index (χ3n) is 6.86. The van der Waals surface area contributed by atoms with Crippen LogP contribution in [0.4, 0.5) is 0 Å². The van der Waals surface area contributed by atoms with Crippen LogP contribution in [0, 0.1) is 0 Å². The molecule has 8 nitrogen and oxygen atoms in total. The number of halogens is 1. The fraction of sp³-hybridized carbons (Fsp3) is 0.417. The van der Waals surface area contributed by atoms with Crippen molar-refractivity contribution in [1.82, 2.24) is 19.6 Å². The van der Waals surface area contributed by atoms with Crippen LogP contribution < -0.4 is 0 Å². The summed E-state index contributed by atoms with van der Waals surface area (Å²) in [6, 6.07) is 10.3. The SMILES string of the molecule is CN1C=C2C(=O)N(C3CCN(C(=O)CCS(=O)(=O)c4ccc5cc(Cl)ccc5c4)CC3)CN2C1. The van der Waals surface area contributed by atoms with Gasteiger partial charge in [-0.05, 0) is 47.9 Å². The van der Waals surface area contributed by atoms with E-state index in [1.807, 2.05) is 23.0 Å². The molecule has 0 radical (unpaired) electrons. The predicted molar refractivity (Wildman–Crippen MR) is 129 cm³/mol. The van der Waals surface area contributed by atoms with Gasteiger partial charge in [-0.3, -0.25) is 9.59 Å². The summed E-state index contributed by atoms with van der Waals surface area (Å²) in [6.45, 7) is 2.37. The van der Waals surface area contributed by atoms with Crippen LogP contribution in [0.5, 0.6) is 0 Å². The summed E-state index contributed by atoms with van der Waals surface area (Å²) in [5, 5.41) is 2.25. The van der Waals surface area contributed by atoms with Gasteiger partial charge in [-0.1, -0.05) is 23.7 Å². The number of sulfone groups is 1. The topological polar surface area (TPSA) is 81.2 Å². The average Bonchev–Trinajstić information content (AvgIpc) is 3.34. The molecule has 10 heteroatoms. The third kappa shape index (κ3) is 4.34. The van der Waals surface area contributed by atoms with E-state index in [0.29, 0.717) is 44.3 Å². The maximum absolute atomic E-state index is 12.9. The first-order chi connectivity index (χ1) is 16.2. The molecule has 3 heterocycles. The molecule has 2 saturated heterocycles. The Morgan fingerprint density at radius 1 is 1.06 bits per heavy atom. The van der Waals surface area contributed by atoms with Gasteiger partial charge in [0.15, 0.2) is 9.84 Å². The Balaban J connectivity index is 1.16. The first-order valence-corrected chi connectivity index (χ1v) is 13.4. The van der Waals surface area contributed by atoms with Gasteiger partial charge in [0.1, 0.15) is 5.70 Å². The van der Waals surface area contributed by atoms with Gasteiger partial charge in [0.25, 0.3) is 5.91 Å². The molecular weight excluding hydrogens is 476 g/mol. The van der Waals surface area contributed by atoms with Crippen molar-refractivity contribution >= 4 is 44.0 Å². The molecule has 5 rings (SSSR count). The lowest BCUT2D eigenvalue weighted by atomic mass is 10.0. The van der Waals surface area contributed by atoms with Gasteiger partial charge >= 0.3 is 0 Å². The van der Waals surface area contributed by atoms with Gasteiger partial charge in [-0.2, -0.15) is 0 Å². The number of carbonyl (C=O) groups excluding carboxylic acids is 2. The highest BCUT2D eigenvalue weighted by atomic mass is 35.5. The van der Waals surface area contributed by atoms with Crippen molar-refractivity contribution in [3.05, 3.63) is 53.3 Å². The zero-order chi connectivity index (χ0) is 24.0. The molecule has 180 valence electrons. The van der Waals surface area contributed by atoms with Gasteiger partial charge in [0.05, 0.1) is 24.0 Å². The van der Waals surface area contributed by atoms with Crippen molar-refractivity contribution in [3.63, 3.8) is 0 Å². The zero-order valence-corrected chi connectivity index (χ0v) is 20.6. The fourth-order valence-electron chi connectivity index (χ4n) is 4.98. The third-order valence-corrected chi connectivity index (χ3v) is 8.80. The Morgan fingerprint density at radius 2 is 1.76 bits per heavy atom. The number of hydrogen-bond acceptors (Lipinski definition) is 6. The molecule has 2 aromatic rings. The minimum atomic E-state index is -3.59. The van der Waals surface area contributed by atoms with Crippen molar-refractivity contribution < 1.29 is 18.0 Å². The van der Waals surface area contributed by atoms with Gasteiger partial charge in [0.2, 0.25) is 5.91 Å². The minimum absolute atomic E-state index is 0.0536. The van der Waals surface area contributed by atoms with Gasteiger partial charge in [0, 0.05) is 43.8 Å². The van der Waals surface area contributed by atoms with Crippen LogP contribution in [-0.4, -0.2) is 85.1 Å². The second-order valence-corrected chi connectivity index (χ2v) is 11.7. The number of nitrogens with zero attached hydrogens (tertiary/aromatic N) is 4. The van der Waals surface area contributed by atoms with E-state index >= 15 is 0 Å². The van der Waals surface area contributed by atoms with Gasteiger partial charge in [-0.25, -0.2) is 8.42 Å². The summed E-state index contributed by atoms with van der Waals surface area (Å²) in [5.74, 6) is -0.336. The van der Waals surface area contributed by atoms with Gasteiger partial charge < -0.3 is 19.6 Å². The molecule has 2 amide bonds. The van der Waals surface area contributed by atoms with Crippen LogP contribution in [0.2, 0.25) is 5.02 Å². The lowest BCUT2D eigenvalue weighted by Crippen LogP contribution is -2.48. The molecule has 0 saturated carbocycles. The van der Waals surface area contributed by atoms with E-state index in [1.54, 1.807) is 41.3 Å². The largest absolute Gasteiger partial charge is 0.361 e. The van der Waals surface area contributed by atoms with E-state index in [4.69, 9.17) is 11.6 Å². The zero-order valence-electron chi connectivity index (χ0n) is 19.0. The lowest BCUT2D eigenvalue weighted by Gasteiger charge is -2.36. The first-order valence-electron chi connectivity index (χ1n) is 11.4. The molecule has 3 aliphatic heterocycles. The van der Waals surface area contributed by atoms with E-state index in [0.717, 1.165) is 16.5 Å². The molecule has 0 spiro atoms. The highest BCUT2D eigenvalue weighted by Crippen LogP contribution is 2.29. The summed E-state index contributed by atoms with van der Waals surface area (Å²) < 4.78 is 25.7. The Bertz CT molecular complexity index is 1290. The Labute approximate surface area is 204 Å². The molecule has 0 bridgehead atoms. The summed E-state index contributed by atoms with van der Waals surface area (Å²) >= 11 is 6.00. The van der Waals surface area contributed by atoms with Crippen LogP contribution in [0.25, 0.3) is 10.8 Å². The van der Waals surface area contributed by atoms with Crippen molar-refractivity contribution in [2.24, 2.45) is 0 Å². The standard InChI is InChI=1S/C24H27ClN4O4S/c1-26-14-22-24(31)29(16-28(22)15-26)20-6-9-27(10-7-20)23(30)8-11-34(32,33)21-5-3-17-12-19(25)4-2-18(17)13-21/h2-5,12-14,20H,6-11,15-16H2,1H3. The Morgan fingerprint density at radius 3 is 2.50 bits per heavy atom. The fourth-order valence-corrected chi connectivity index (χ4v) is 6.42. The van der Waals surface area contributed by atoms with E-state index in [-0.39, 0.29) is 34.9 Å². The summed E-state index contributed by atoms with van der Waals surface area (Å²) in [4.78, 5) is 33.4. The maximum Gasteiger partial charge on any atom is 0.273 e. The van der Waals surface area contributed by atoms with E-state index in [1.165, 1.54) is 0 Å². The number of hydrogen-bond donors (Lipinski definition) is 0. The molecule has 0 aromatic heterocycles. The number of benzene rings is 2. The number of likely N-dealkylation sites (tertiary alicyclic amines) is 1. The summed E-state index contributed by atoms with van der Waals surface area (Å²) in [5.41, 5.74) is 0.739. The highest BCUT2D eigenvalue weighted by molar-refractivity contribution is 7.91. The lowest BCUT2D eigenvalue weighted by molar-refractivity contribution is -0.133. The molecule has 2 aromatic carbocycles. The molecule has 0 aliphatic carbocycles. The quantitative estimate of drug-likeness (QED) is 0.625. The number of rotatable bonds is 5. The van der Waals surface area contributed by atoms with Crippen LogP contribution in [0.3, 0.4) is 0 Å². The van der Waals surface area contributed by atoms with Crippen LogP contribution in [0.1, 0.15) is 19.3 Å². The number of carbonyl (C=O) groups is 2. The summed E-state index contributed by atoms with van der Waals surface area (Å²) in [7, 11) is -1.64.